The predicted octanol–water partition coefficient (Wildman–Crippen LogP) is 7.90. The Morgan fingerprint density at radius 3 is 2.48 bits per heavy atom. The van der Waals surface area contributed by atoms with Crippen molar-refractivity contribution in [1.29, 1.82) is 0 Å². The van der Waals surface area contributed by atoms with Gasteiger partial charge in [0.05, 0.1) is 42.5 Å². The number of aryl methyl sites for hydroxylation is 1. The van der Waals surface area contributed by atoms with Gasteiger partial charge in [-0.05, 0) is 67.5 Å². The zero-order chi connectivity index (χ0) is 33.7. The highest BCUT2D eigenvalue weighted by molar-refractivity contribution is 5.89. The molecule has 9 heteroatoms. The normalized spacial score (nSPS) is 18.4. The number of aromatic nitrogens is 3. The lowest BCUT2D eigenvalue weighted by Gasteiger charge is -2.32. The van der Waals surface area contributed by atoms with E-state index in [0.29, 0.717) is 11.7 Å². The number of urea groups is 1. The number of nitrogens with one attached hydrogen (secondary N) is 2. The number of rotatable bonds is 11. The van der Waals surface area contributed by atoms with E-state index in [1.54, 1.807) is 0 Å². The van der Waals surface area contributed by atoms with Crippen molar-refractivity contribution in [2.24, 2.45) is 5.92 Å². The first-order valence-corrected chi connectivity index (χ1v) is 17.4. The van der Waals surface area contributed by atoms with Crippen molar-refractivity contribution in [2.45, 2.75) is 84.4 Å². The molecule has 2 aromatic heterocycles. The Labute approximate surface area is 285 Å². The zero-order valence-electron chi connectivity index (χ0n) is 29.0. The van der Waals surface area contributed by atoms with Crippen molar-refractivity contribution >= 4 is 11.8 Å². The minimum absolute atomic E-state index is 0.118. The van der Waals surface area contributed by atoms with Crippen LogP contribution in [0.25, 0.3) is 5.69 Å². The fraction of sp³-hybridized carbons (Fsp3) is 0.462. The van der Waals surface area contributed by atoms with E-state index in [9.17, 15) is 4.79 Å². The second kappa shape index (κ2) is 14.9. The number of nitrogens with zero attached hydrogens (tertiary/aromatic N) is 4. The molecule has 2 N–H and O–H groups in total. The lowest BCUT2D eigenvalue weighted by Crippen LogP contribution is -2.36. The zero-order valence-corrected chi connectivity index (χ0v) is 29.0. The quantitative estimate of drug-likeness (QED) is 0.171. The first-order valence-electron chi connectivity index (χ1n) is 17.4. The SMILES string of the molecule is Cc1ccc(-n2nc(C(C)(C)CCC(C)C)cc2NC(=O)N[C@H]2CC[C@@H](Oc3ccc(CN4CCOCC4)nc3)c3ccccc32)cc1. The molecule has 1 aliphatic carbocycles. The summed E-state index contributed by atoms with van der Waals surface area (Å²) in [5, 5.41) is 11.4. The third-order valence-corrected chi connectivity index (χ3v) is 9.58. The van der Waals surface area contributed by atoms with Gasteiger partial charge in [-0.15, -0.1) is 0 Å². The number of carbonyl (C=O) groups is 1. The summed E-state index contributed by atoms with van der Waals surface area (Å²) in [6.45, 7) is 15.2. The summed E-state index contributed by atoms with van der Waals surface area (Å²) in [5.74, 6) is 2.01. The van der Waals surface area contributed by atoms with Crippen LogP contribution in [0.2, 0.25) is 0 Å². The monoisotopic (exact) mass is 650 g/mol. The molecule has 0 spiro atoms. The number of ether oxygens (including phenoxy) is 2. The summed E-state index contributed by atoms with van der Waals surface area (Å²) in [5.41, 5.74) is 6.10. The van der Waals surface area contributed by atoms with Crippen LogP contribution in [-0.2, 0) is 16.7 Å². The number of hydrogen-bond acceptors (Lipinski definition) is 6. The van der Waals surface area contributed by atoms with Crippen LogP contribution in [-0.4, -0.2) is 52.0 Å². The maximum Gasteiger partial charge on any atom is 0.320 e. The number of fused-ring (bicyclic) bond motifs is 1. The van der Waals surface area contributed by atoms with Crippen LogP contribution in [0.15, 0.2) is 72.9 Å². The molecule has 1 fully saturated rings. The van der Waals surface area contributed by atoms with E-state index < -0.39 is 0 Å². The molecular weight excluding hydrogens is 600 g/mol. The number of pyridine rings is 1. The minimum atomic E-state index is -0.256. The van der Waals surface area contributed by atoms with E-state index in [-0.39, 0.29) is 23.6 Å². The Morgan fingerprint density at radius 2 is 1.77 bits per heavy atom. The highest BCUT2D eigenvalue weighted by Gasteiger charge is 2.31. The minimum Gasteiger partial charge on any atom is -0.484 e. The molecular formula is C39H50N6O3. The molecule has 0 bridgehead atoms. The van der Waals surface area contributed by atoms with E-state index >= 15 is 0 Å². The average Bonchev–Trinajstić information content (AvgIpc) is 3.51. The van der Waals surface area contributed by atoms with Gasteiger partial charge in [0.15, 0.2) is 0 Å². The van der Waals surface area contributed by atoms with Crippen LogP contribution >= 0.6 is 0 Å². The average molecular weight is 651 g/mol. The van der Waals surface area contributed by atoms with E-state index in [0.717, 1.165) is 92.5 Å². The van der Waals surface area contributed by atoms with Gasteiger partial charge in [-0.25, -0.2) is 9.48 Å². The molecule has 1 aliphatic heterocycles. The molecule has 0 saturated carbocycles. The molecule has 9 nitrogen and oxygen atoms in total. The highest BCUT2D eigenvalue weighted by Crippen LogP contribution is 2.39. The summed E-state index contributed by atoms with van der Waals surface area (Å²) >= 11 is 0. The standard InChI is InChI=1S/C39H50N6O3/c1-27(2)18-19-39(4,5)36-24-37(45(43-36)30-13-10-28(3)11-14-30)42-38(46)41-34-16-17-35(33-9-7-6-8-32(33)34)48-31-15-12-29(40-25-31)26-44-20-22-47-23-21-44/h6-15,24-25,27,34-35H,16-23,26H2,1-5H3,(H2,41,42,46)/t34-,35+/m0/s1. The van der Waals surface area contributed by atoms with E-state index in [1.165, 1.54) is 5.56 Å². The Balaban J connectivity index is 1.14. The Bertz CT molecular complexity index is 1660. The van der Waals surface area contributed by atoms with Gasteiger partial charge in [0.2, 0.25) is 0 Å². The lowest BCUT2D eigenvalue weighted by atomic mass is 9.82. The number of amides is 2. The first kappa shape index (κ1) is 33.7. The summed E-state index contributed by atoms with van der Waals surface area (Å²) in [6.07, 6.45) is 5.35. The Hall–Kier alpha value is -4.21. The number of carbonyl (C=O) groups excluding carboxylic acids is 1. The second-order valence-corrected chi connectivity index (χ2v) is 14.3. The molecule has 48 heavy (non-hydrogen) atoms. The first-order chi connectivity index (χ1) is 23.1. The van der Waals surface area contributed by atoms with Gasteiger partial charge in [-0.2, -0.15) is 5.10 Å². The van der Waals surface area contributed by atoms with Crippen LogP contribution in [0, 0.1) is 12.8 Å². The van der Waals surface area contributed by atoms with Crippen molar-refractivity contribution in [3.05, 3.63) is 101 Å². The molecule has 254 valence electrons. The lowest BCUT2D eigenvalue weighted by molar-refractivity contribution is 0.0336. The third kappa shape index (κ3) is 8.25. The maximum atomic E-state index is 13.6. The van der Waals surface area contributed by atoms with Gasteiger partial charge in [0.25, 0.3) is 0 Å². The van der Waals surface area contributed by atoms with E-state index in [2.05, 4.69) is 79.4 Å². The van der Waals surface area contributed by atoms with Crippen LogP contribution in [0.5, 0.6) is 5.75 Å². The fourth-order valence-corrected chi connectivity index (χ4v) is 6.52. The number of hydrogen-bond donors (Lipinski definition) is 2. The smallest absolute Gasteiger partial charge is 0.320 e. The molecule has 1 saturated heterocycles. The molecule has 4 aromatic rings. The van der Waals surface area contributed by atoms with Crippen molar-refractivity contribution in [1.82, 2.24) is 25.0 Å². The number of morpholine rings is 1. The van der Waals surface area contributed by atoms with Gasteiger partial charge >= 0.3 is 6.03 Å². The van der Waals surface area contributed by atoms with Crippen LogP contribution in [0.3, 0.4) is 0 Å². The molecule has 6 rings (SSSR count). The van der Waals surface area contributed by atoms with Crippen LogP contribution in [0.1, 0.15) is 93.6 Å². The van der Waals surface area contributed by atoms with Crippen molar-refractivity contribution < 1.29 is 14.3 Å². The van der Waals surface area contributed by atoms with Gasteiger partial charge in [0.1, 0.15) is 17.7 Å². The topological polar surface area (TPSA) is 93.5 Å². The molecule has 2 amide bonds. The molecule has 3 heterocycles. The summed E-state index contributed by atoms with van der Waals surface area (Å²) in [4.78, 5) is 20.7. The second-order valence-electron chi connectivity index (χ2n) is 14.3. The fourth-order valence-electron chi connectivity index (χ4n) is 6.52. The van der Waals surface area contributed by atoms with Gasteiger partial charge in [0, 0.05) is 31.1 Å². The highest BCUT2D eigenvalue weighted by atomic mass is 16.5. The third-order valence-electron chi connectivity index (χ3n) is 9.58. The Kier molecular flexibility index (Phi) is 10.5. The predicted molar refractivity (Wildman–Crippen MR) is 190 cm³/mol. The van der Waals surface area contributed by atoms with Gasteiger partial charge < -0.3 is 14.8 Å². The summed E-state index contributed by atoms with van der Waals surface area (Å²) in [7, 11) is 0. The van der Waals surface area contributed by atoms with Crippen LogP contribution < -0.4 is 15.4 Å². The molecule has 2 aliphatic rings. The van der Waals surface area contributed by atoms with E-state index in [4.69, 9.17) is 14.6 Å². The Morgan fingerprint density at radius 1 is 1.02 bits per heavy atom. The molecule has 0 unspecified atom stereocenters. The largest absolute Gasteiger partial charge is 0.484 e. The maximum absolute atomic E-state index is 13.6. The summed E-state index contributed by atoms with van der Waals surface area (Å²) < 4.78 is 13.8. The number of anilines is 1. The molecule has 2 atom stereocenters. The number of benzene rings is 2. The summed E-state index contributed by atoms with van der Waals surface area (Å²) in [6, 6.07) is 22.1. The molecule has 0 radical (unpaired) electrons. The van der Waals surface area contributed by atoms with Gasteiger partial charge in [-0.1, -0.05) is 76.1 Å². The molecule has 2 aromatic carbocycles. The van der Waals surface area contributed by atoms with Crippen molar-refractivity contribution in [3.63, 3.8) is 0 Å². The van der Waals surface area contributed by atoms with Gasteiger partial charge in [-0.3, -0.25) is 15.2 Å². The van der Waals surface area contributed by atoms with Crippen molar-refractivity contribution in [2.75, 3.05) is 31.6 Å². The van der Waals surface area contributed by atoms with Crippen LogP contribution in [0.4, 0.5) is 10.6 Å². The van der Waals surface area contributed by atoms with E-state index in [1.807, 2.05) is 53.3 Å². The van der Waals surface area contributed by atoms with Crippen molar-refractivity contribution in [3.8, 4) is 11.4 Å².